The Labute approximate surface area is 189 Å². The molecule has 0 fully saturated rings. The predicted octanol–water partition coefficient (Wildman–Crippen LogP) is 6.54. The van der Waals surface area contributed by atoms with Gasteiger partial charge in [-0.3, -0.25) is 0 Å². The molecule has 3 aromatic carbocycles. The molecule has 3 aromatic rings. The van der Waals surface area contributed by atoms with Crippen LogP contribution in [0.5, 0.6) is 17.2 Å². The van der Waals surface area contributed by atoms with Crippen molar-refractivity contribution in [3.05, 3.63) is 96.3 Å². The maximum atomic E-state index is 5.87. The second-order valence-electron chi connectivity index (χ2n) is 7.83. The molecule has 4 heteroatoms. The van der Waals surface area contributed by atoms with Crippen LogP contribution in [0.25, 0.3) is 11.1 Å². The summed E-state index contributed by atoms with van der Waals surface area (Å²) < 4.78 is 17.4. The number of hydrogen-bond acceptors (Lipinski definition) is 4. The molecule has 0 radical (unpaired) electrons. The Morgan fingerprint density at radius 3 is 1.81 bits per heavy atom. The van der Waals surface area contributed by atoms with E-state index in [1.807, 2.05) is 43.3 Å². The third-order valence-electron chi connectivity index (χ3n) is 5.76. The van der Waals surface area contributed by atoms with Crippen molar-refractivity contribution in [2.75, 3.05) is 24.7 Å². The molecule has 0 spiro atoms. The van der Waals surface area contributed by atoms with E-state index in [0.29, 0.717) is 19.8 Å². The van der Waals surface area contributed by atoms with Crippen molar-refractivity contribution in [1.29, 1.82) is 0 Å². The zero-order valence-electron chi connectivity index (χ0n) is 18.3. The van der Waals surface area contributed by atoms with E-state index in [-0.39, 0.29) is 0 Å². The zero-order chi connectivity index (χ0) is 21.8. The molecule has 0 atom stereocenters. The van der Waals surface area contributed by atoms with Crippen molar-refractivity contribution in [3.63, 3.8) is 0 Å². The lowest BCUT2D eigenvalue weighted by molar-refractivity contribution is 0.316. The molecule has 0 bridgehead atoms. The summed E-state index contributed by atoms with van der Waals surface area (Å²) in [6.07, 6.45) is 6.21. The number of nitrogens with zero attached hydrogens (tertiary/aromatic N) is 1. The molecule has 0 saturated heterocycles. The summed E-state index contributed by atoms with van der Waals surface area (Å²) in [6, 6.07) is 24.8. The zero-order valence-corrected chi connectivity index (χ0v) is 18.3. The lowest BCUT2D eigenvalue weighted by Gasteiger charge is -2.26. The monoisotopic (exact) mass is 425 g/mol. The van der Waals surface area contributed by atoms with Gasteiger partial charge in [-0.25, -0.2) is 0 Å². The first-order valence-corrected chi connectivity index (χ1v) is 11.2. The van der Waals surface area contributed by atoms with Crippen LogP contribution in [0.4, 0.5) is 5.69 Å². The van der Waals surface area contributed by atoms with Crippen LogP contribution in [0.3, 0.4) is 0 Å². The molecule has 2 aliphatic heterocycles. The van der Waals surface area contributed by atoms with Gasteiger partial charge in [0.25, 0.3) is 0 Å². The number of benzene rings is 3. The normalized spacial score (nSPS) is 17.2. The number of anilines is 1. The van der Waals surface area contributed by atoms with Gasteiger partial charge in [0.2, 0.25) is 0 Å². The number of ether oxygens (including phenoxy) is 3. The highest BCUT2D eigenvalue weighted by atomic mass is 16.5. The maximum Gasteiger partial charge on any atom is 0.126 e. The van der Waals surface area contributed by atoms with E-state index in [4.69, 9.17) is 14.2 Å². The Bertz CT molecular complexity index is 1080. The van der Waals surface area contributed by atoms with Crippen LogP contribution in [0.2, 0.25) is 0 Å². The van der Waals surface area contributed by atoms with Crippen LogP contribution in [-0.4, -0.2) is 19.8 Å². The molecule has 0 amide bonds. The predicted molar refractivity (Wildman–Crippen MR) is 129 cm³/mol. The first-order chi connectivity index (χ1) is 15.8. The van der Waals surface area contributed by atoms with Crippen molar-refractivity contribution < 1.29 is 14.2 Å². The molecule has 0 saturated carbocycles. The average Bonchev–Trinajstić information content (AvgIpc) is 2.85. The van der Waals surface area contributed by atoms with Gasteiger partial charge in [-0.1, -0.05) is 36.4 Å². The van der Waals surface area contributed by atoms with Gasteiger partial charge in [0, 0.05) is 42.1 Å². The molecule has 5 rings (SSSR count). The summed E-state index contributed by atoms with van der Waals surface area (Å²) >= 11 is 0. The van der Waals surface area contributed by atoms with E-state index in [0.717, 1.165) is 46.9 Å². The van der Waals surface area contributed by atoms with Crippen molar-refractivity contribution in [3.8, 4) is 17.2 Å². The fourth-order valence-electron chi connectivity index (χ4n) is 4.20. The molecule has 0 aromatic heterocycles. The number of rotatable bonds is 5. The SMILES string of the molecule is CCOc1ccc(N(C=C2CCOc3ccccc32)C=C2CCOc3ccccc32)cc1. The van der Waals surface area contributed by atoms with Gasteiger partial charge in [-0.2, -0.15) is 0 Å². The molecular formula is C28H27NO3. The molecule has 0 aliphatic carbocycles. The van der Waals surface area contributed by atoms with E-state index in [9.17, 15) is 0 Å². The standard InChI is InChI=1S/C28H27NO3/c1-2-30-24-13-11-23(12-14-24)29(19-21-15-17-31-27-9-5-3-7-25(21)27)20-22-16-18-32-28-10-6-4-8-26(22)28/h3-14,19-20H,2,15-18H2,1H3. The Morgan fingerprint density at radius 2 is 1.28 bits per heavy atom. The second-order valence-corrected chi connectivity index (χ2v) is 7.83. The minimum absolute atomic E-state index is 0.657. The number of hydrogen-bond donors (Lipinski definition) is 0. The summed E-state index contributed by atoms with van der Waals surface area (Å²) in [6.45, 7) is 4.03. The van der Waals surface area contributed by atoms with Crippen LogP contribution in [0.15, 0.2) is 85.2 Å². The molecular weight excluding hydrogens is 398 g/mol. The molecule has 0 unspecified atom stereocenters. The third kappa shape index (κ3) is 4.22. The van der Waals surface area contributed by atoms with Gasteiger partial charge >= 0.3 is 0 Å². The topological polar surface area (TPSA) is 30.9 Å². The third-order valence-corrected chi connectivity index (χ3v) is 5.76. The van der Waals surface area contributed by atoms with E-state index in [1.54, 1.807) is 0 Å². The molecule has 162 valence electrons. The first kappa shape index (κ1) is 20.3. The van der Waals surface area contributed by atoms with E-state index in [1.165, 1.54) is 11.1 Å². The van der Waals surface area contributed by atoms with Crippen LogP contribution >= 0.6 is 0 Å². The van der Waals surface area contributed by atoms with Gasteiger partial charge < -0.3 is 19.1 Å². The van der Waals surface area contributed by atoms with Crippen LogP contribution in [-0.2, 0) is 0 Å². The maximum absolute atomic E-state index is 5.87. The second kappa shape index (κ2) is 9.23. The highest BCUT2D eigenvalue weighted by molar-refractivity contribution is 5.79. The highest BCUT2D eigenvalue weighted by Crippen LogP contribution is 2.36. The van der Waals surface area contributed by atoms with Crippen molar-refractivity contribution in [2.24, 2.45) is 0 Å². The van der Waals surface area contributed by atoms with Gasteiger partial charge in [0.1, 0.15) is 17.2 Å². The van der Waals surface area contributed by atoms with Gasteiger partial charge in [-0.05, 0) is 54.5 Å². The van der Waals surface area contributed by atoms with Gasteiger partial charge in [0.15, 0.2) is 0 Å². The Balaban J connectivity index is 1.58. The first-order valence-electron chi connectivity index (χ1n) is 11.2. The molecule has 32 heavy (non-hydrogen) atoms. The lowest BCUT2D eigenvalue weighted by atomic mass is 9.99. The van der Waals surface area contributed by atoms with Gasteiger partial charge in [0.05, 0.1) is 19.8 Å². The van der Waals surface area contributed by atoms with Gasteiger partial charge in [-0.15, -0.1) is 0 Å². The summed E-state index contributed by atoms with van der Waals surface area (Å²) in [5.74, 6) is 2.77. The van der Waals surface area contributed by atoms with Crippen LogP contribution < -0.4 is 19.1 Å². The Morgan fingerprint density at radius 1 is 0.750 bits per heavy atom. The van der Waals surface area contributed by atoms with Crippen molar-refractivity contribution in [1.82, 2.24) is 0 Å². The summed E-state index contributed by atoms with van der Waals surface area (Å²) in [5, 5.41) is 0. The fourth-order valence-corrected chi connectivity index (χ4v) is 4.20. The minimum Gasteiger partial charge on any atom is -0.494 e. The van der Waals surface area contributed by atoms with E-state index < -0.39 is 0 Å². The van der Waals surface area contributed by atoms with Crippen LogP contribution in [0, 0.1) is 0 Å². The summed E-state index contributed by atoms with van der Waals surface area (Å²) in [7, 11) is 0. The quantitative estimate of drug-likeness (QED) is 0.464. The largest absolute Gasteiger partial charge is 0.494 e. The smallest absolute Gasteiger partial charge is 0.126 e. The molecule has 2 aliphatic rings. The Hall–Kier alpha value is -3.66. The fraction of sp³-hybridized carbons (Fsp3) is 0.214. The number of para-hydroxylation sites is 2. The minimum atomic E-state index is 0.657. The van der Waals surface area contributed by atoms with Crippen LogP contribution in [0.1, 0.15) is 30.9 Å². The Kier molecular flexibility index (Phi) is 5.84. The lowest BCUT2D eigenvalue weighted by Crippen LogP contribution is -2.15. The summed E-state index contributed by atoms with van der Waals surface area (Å²) in [5.41, 5.74) is 5.91. The summed E-state index contributed by atoms with van der Waals surface area (Å²) in [4.78, 5) is 2.23. The van der Waals surface area contributed by atoms with Crippen molar-refractivity contribution >= 4 is 16.8 Å². The number of fused-ring (bicyclic) bond motifs is 2. The molecule has 4 nitrogen and oxygen atoms in total. The van der Waals surface area contributed by atoms with E-state index >= 15 is 0 Å². The highest BCUT2D eigenvalue weighted by Gasteiger charge is 2.18. The van der Waals surface area contributed by atoms with E-state index in [2.05, 4.69) is 53.7 Å². The average molecular weight is 426 g/mol. The molecule has 2 heterocycles. The molecule has 0 N–H and O–H groups in total. The van der Waals surface area contributed by atoms with Crippen molar-refractivity contribution in [2.45, 2.75) is 19.8 Å².